The summed E-state index contributed by atoms with van der Waals surface area (Å²) < 4.78 is 7.09. The highest BCUT2D eigenvalue weighted by molar-refractivity contribution is 6.15. The summed E-state index contributed by atoms with van der Waals surface area (Å²) in [7, 11) is 0. The van der Waals surface area contributed by atoms with Crippen molar-refractivity contribution in [1.82, 2.24) is 5.32 Å². The van der Waals surface area contributed by atoms with Gasteiger partial charge in [0.15, 0.2) is 5.84 Å². The summed E-state index contributed by atoms with van der Waals surface area (Å²) in [5.74, 6) is 1.46. The van der Waals surface area contributed by atoms with Gasteiger partial charge in [0.05, 0.1) is 0 Å². The Morgan fingerprint density at radius 3 is 1.58 bits per heavy atom. The largest absolute Gasteiger partial charge is 0.455 e. The molecular formula is C51H35N3O. The minimum absolute atomic E-state index is 0.418. The van der Waals surface area contributed by atoms with Gasteiger partial charge in [-0.25, -0.2) is 9.98 Å². The van der Waals surface area contributed by atoms with Crippen LogP contribution in [-0.4, -0.2) is 11.7 Å². The molecule has 1 atom stereocenters. The van der Waals surface area contributed by atoms with Crippen LogP contribution in [-0.2, 0) is 0 Å². The van der Waals surface area contributed by atoms with Gasteiger partial charge in [0, 0.05) is 38.6 Å². The number of nitrogens with one attached hydrogen (secondary N) is 1. The average molecular weight is 706 g/mol. The van der Waals surface area contributed by atoms with Crippen molar-refractivity contribution in [3.05, 3.63) is 217 Å². The first-order chi connectivity index (χ1) is 27.3. The van der Waals surface area contributed by atoms with Crippen molar-refractivity contribution in [2.24, 2.45) is 9.98 Å². The smallest absolute Gasteiger partial charge is 0.159 e. The highest BCUT2D eigenvalue weighted by Crippen LogP contribution is 2.44. The van der Waals surface area contributed by atoms with Crippen LogP contribution in [0.15, 0.2) is 215 Å². The Kier molecular flexibility index (Phi) is 8.19. The van der Waals surface area contributed by atoms with Crippen molar-refractivity contribution in [2.45, 2.75) is 6.17 Å². The maximum atomic E-state index is 7.09. The maximum Gasteiger partial charge on any atom is 0.159 e. The number of benzene rings is 8. The lowest BCUT2D eigenvalue weighted by Gasteiger charge is -2.25. The topological polar surface area (TPSA) is 49.9 Å². The minimum Gasteiger partial charge on any atom is -0.455 e. The second kappa shape index (κ2) is 13.9. The molecule has 0 bridgehead atoms. The van der Waals surface area contributed by atoms with Crippen molar-refractivity contribution in [3.63, 3.8) is 0 Å². The monoisotopic (exact) mass is 705 g/mol. The highest BCUT2D eigenvalue weighted by atomic mass is 16.3. The summed E-state index contributed by atoms with van der Waals surface area (Å²) in [5, 5.41) is 5.82. The van der Waals surface area contributed by atoms with Crippen LogP contribution < -0.4 is 5.32 Å². The Morgan fingerprint density at radius 2 is 0.909 bits per heavy atom. The molecule has 4 nitrogen and oxygen atoms in total. The molecule has 0 amide bonds. The number of fused-ring (bicyclic) bond motifs is 3. The lowest BCUT2D eigenvalue weighted by Crippen LogP contribution is -2.33. The summed E-state index contributed by atoms with van der Waals surface area (Å²) >= 11 is 0. The Morgan fingerprint density at radius 1 is 0.400 bits per heavy atom. The van der Waals surface area contributed by atoms with E-state index in [9.17, 15) is 0 Å². The molecule has 260 valence electrons. The number of aliphatic imine (C=N–C) groups is 2. The lowest BCUT2D eigenvalue weighted by molar-refractivity contribution is 0.658. The Balaban J connectivity index is 1.12. The zero-order valence-electron chi connectivity index (χ0n) is 29.9. The van der Waals surface area contributed by atoms with Gasteiger partial charge in [-0.2, -0.15) is 0 Å². The predicted octanol–water partition coefficient (Wildman–Crippen LogP) is 12.7. The molecule has 1 N–H and O–H groups in total. The van der Waals surface area contributed by atoms with Crippen LogP contribution in [0.5, 0.6) is 0 Å². The lowest BCUT2D eigenvalue weighted by atomic mass is 9.94. The zero-order valence-corrected chi connectivity index (χ0v) is 29.9. The third-order valence-corrected chi connectivity index (χ3v) is 10.4. The summed E-state index contributed by atoms with van der Waals surface area (Å²) in [6.07, 6.45) is -0.418. The first kappa shape index (κ1) is 32.4. The summed E-state index contributed by atoms with van der Waals surface area (Å²) in [6.45, 7) is 0. The molecule has 1 aromatic heterocycles. The van der Waals surface area contributed by atoms with Crippen LogP contribution in [0, 0.1) is 0 Å². The molecular weight excluding hydrogens is 671 g/mol. The minimum atomic E-state index is -0.418. The van der Waals surface area contributed by atoms with Crippen molar-refractivity contribution >= 4 is 33.6 Å². The molecule has 0 saturated heterocycles. The van der Waals surface area contributed by atoms with Gasteiger partial charge in [-0.15, -0.1) is 0 Å². The van der Waals surface area contributed by atoms with Crippen LogP contribution in [0.25, 0.3) is 66.4 Å². The first-order valence-corrected chi connectivity index (χ1v) is 18.6. The number of rotatable bonds is 7. The van der Waals surface area contributed by atoms with Crippen molar-refractivity contribution in [3.8, 4) is 44.5 Å². The first-order valence-electron chi connectivity index (χ1n) is 18.6. The van der Waals surface area contributed by atoms with Gasteiger partial charge in [-0.1, -0.05) is 188 Å². The van der Waals surface area contributed by atoms with E-state index in [2.05, 4.69) is 163 Å². The third kappa shape index (κ3) is 6.10. The van der Waals surface area contributed by atoms with Crippen LogP contribution in [0.1, 0.15) is 22.9 Å². The molecule has 0 spiro atoms. The van der Waals surface area contributed by atoms with E-state index >= 15 is 0 Å². The molecule has 0 saturated carbocycles. The van der Waals surface area contributed by atoms with E-state index in [1.54, 1.807) is 0 Å². The maximum absolute atomic E-state index is 7.09. The number of furan rings is 1. The van der Waals surface area contributed by atoms with Gasteiger partial charge in [0.25, 0.3) is 0 Å². The van der Waals surface area contributed by atoms with Gasteiger partial charge in [-0.05, 0) is 45.5 Å². The van der Waals surface area contributed by atoms with E-state index in [4.69, 9.17) is 14.4 Å². The fraction of sp³-hybridized carbons (Fsp3) is 0.0196. The number of hydrogen-bond acceptors (Lipinski definition) is 4. The van der Waals surface area contributed by atoms with Crippen molar-refractivity contribution in [2.75, 3.05) is 0 Å². The van der Waals surface area contributed by atoms with E-state index < -0.39 is 6.17 Å². The van der Waals surface area contributed by atoms with Gasteiger partial charge in [-0.3, -0.25) is 0 Å². The standard InChI is InChI=1S/C51H35N3O/c1-5-16-34(17-6-1)38-24-13-25-39(32-38)40-26-14-27-41(33-40)42-28-15-29-43-44-30-31-45(46(48(44)55-47(42)43)35-18-7-2-8-19-35)51-53-49(36-20-9-3-10-21-36)52-50(54-51)37-22-11-4-12-23-37/h1-33,51H,(H,52,53,54). The predicted molar refractivity (Wildman–Crippen MR) is 227 cm³/mol. The molecule has 9 aromatic rings. The molecule has 0 aliphatic carbocycles. The Labute approximate surface area is 319 Å². The van der Waals surface area contributed by atoms with E-state index in [0.29, 0.717) is 5.84 Å². The van der Waals surface area contributed by atoms with E-state index in [1.165, 1.54) is 16.7 Å². The second-order valence-corrected chi connectivity index (χ2v) is 13.8. The van der Waals surface area contributed by atoms with Crippen LogP contribution in [0.3, 0.4) is 0 Å². The van der Waals surface area contributed by atoms with Crippen molar-refractivity contribution < 1.29 is 4.42 Å². The number of hydrogen-bond donors (Lipinski definition) is 1. The van der Waals surface area contributed by atoms with Crippen LogP contribution in [0.2, 0.25) is 0 Å². The fourth-order valence-corrected chi connectivity index (χ4v) is 7.68. The molecule has 4 heteroatoms. The highest BCUT2D eigenvalue weighted by Gasteiger charge is 2.27. The fourth-order valence-electron chi connectivity index (χ4n) is 7.68. The molecule has 1 aliphatic heterocycles. The van der Waals surface area contributed by atoms with Gasteiger partial charge < -0.3 is 9.73 Å². The quantitative estimate of drug-likeness (QED) is 0.179. The number of nitrogens with zero attached hydrogens (tertiary/aromatic N) is 2. The SMILES string of the molecule is c1ccc(C2=NC(c3ccc4c(oc5c(-c6cccc(-c7cccc(-c8ccccc8)c7)c6)cccc54)c3-c3ccccc3)NC(c3ccccc3)=N2)cc1. The van der Waals surface area contributed by atoms with E-state index in [0.717, 1.165) is 72.3 Å². The normalized spacial score (nSPS) is 14.0. The molecule has 0 fully saturated rings. The molecule has 2 heterocycles. The summed E-state index contributed by atoms with van der Waals surface area (Å²) in [5.41, 5.74) is 13.6. The second-order valence-electron chi connectivity index (χ2n) is 13.8. The molecule has 1 unspecified atom stereocenters. The van der Waals surface area contributed by atoms with Crippen LogP contribution in [0.4, 0.5) is 0 Å². The molecule has 0 radical (unpaired) electrons. The number of para-hydroxylation sites is 1. The molecule has 10 rings (SSSR count). The summed E-state index contributed by atoms with van der Waals surface area (Å²) in [4.78, 5) is 10.3. The number of amidine groups is 2. The van der Waals surface area contributed by atoms with Crippen molar-refractivity contribution in [1.29, 1.82) is 0 Å². The average Bonchev–Trinajstić information content (AvgIpc) is 3.66. The molecule has 1 aliphatic rings. The van der Waals surface area contributed by atoms with E-state index in [1.807, 2.05) is 42.5 Å². The Bertz CT molecular complexity index is 2880. The third-order valence-electron chi connectivity index (χ3n) is 10.4. The zero-order chi connectivity index (χ0) is 36.6. The van der Waals surface area contributed by atoms with Gasteiger partial charge in [0.2, 0.25) is 0 Å². The summed E-state index contributed by atoms with van der Waals surface area (Å²) in [6, 6.07) is 69.8. The Hall–Kier alpha value is -7.30. The van der Waals surface area contributed by atoms with E-state index in [-0.39, 0.29) is 0 Å². The molecule has 8 aromatic carbocycles. The van der Waals surface area contributed by atoms with Crippen LogP contribution >= 0.6 is 0 Å². The molecule has 55 heavy (non-hydrogen) atoms. The van der Waals surface area contributed by atoms with Gasteiger partial charge in [0.1, 0.15) is 23.2 Å². The van der Waals surface area contributed by atoms with Gasteiger partial charge >= 0.3 is 0 Å².